The van der Waals surface area contributed by atoms with Crippen LogP contribution in [0.2, 0.25) is 0 Å². The van der Waals surface area contributed by atoms with Crippen LogP contribution in [0.1, 0.15) is 38.3 Å². The summed E-state index contributed by atoms with van der Waals surface area (Å²) < 4.78 is 29.6. The molecule has 2 aliphatic rings. The molecule has 3 rings (SSSR count). The monoisotopic (exact) mass is 467 g/mol. The van der Waals surface area contributed by atoms with E-state index >= 15 is 0 Å². The highest BCUT2D eigenvalue weighted by molar-refractivity contribution is 8.16. The average molecular weight is 468 g/mol. The fourth-order valence-corrected chi connectivity index (χ4v) is 7.50. The van der Waals surface area contributed by atoms with E-state index in [9.17, 15) is 18.0 Å². The average Bonchev–Trinajstić information content (AvgIpc) is 3.06. The van der Waals surface area contributed by atoms with Crippen LogP contribution >= 0.6 is 11.8 Å². The number of nitrogens with one attached hydrogen (secondary N) is 1. The SMILES string of the molecule is Cc1ccc(C)c(N2C(=NC(=O)CCNC(=O)OC(C)(C)C)S[C@H]3CS(=O)(=O)C[C@@H]32)c1. The highest BCUT2D eigenvalue weighted by atomic mass is 32.2. The number of nitrogens with zero attached hydrogens (tertiary/aromatic N) is 2. The van der Waals surface area contributed by atoms with Crippen LogP contribution < -0.4 is 10.2 Å². The lowest BCUT2D eigenvalue weighted by molar-refractivity contribution is -0.117. The number of fused-ring (bicyclic) bond motifs is 1. The van der Waals surface area contributed by atoms with Crippen molar-refractivity contribution in [1.29, 1.82) is 0 Å². The summed E-state index contributed by atoms with van der Waals surface area (Å²) in [6.07, 6.45) is -0.558. The number of thioether (sulfide) groups is 1. The largest absolute Gasteiger partial charge is 0.444 e. The van der Waals surface area contributed by atoms with Crippen LogP contribution in [-0.4, -0.2) is 60.5 Å². The first kappa shape index (κ1) is 23.6. The van der Waals surface area contributed by atoms with Crippen LogP contribution in [0, 0.1) is 13.8 Å². The molecule has 0 bridgehead atoms. The second kappa shape index (κ2) is 8.82. The molecule has 0 aromatic heterocycles. The predicted molar refractivity (Wildman–Crippen MR) is 124 cm³/mol. The van der Waals surface area contributed by atoms with Gasteiger partial charge < -0.3 is 15.0 Å². The van der Waals surface area contributed by atoms with Crippen molar-refractivity contribution in [3.8, 4) is 0 Å². The molecule has 2 fully saturated rings. The van der Waals surface area contributed by atoms with Gasteiger partial charge >= 0.3 is 6.09 Å². The van der Waals surface area contributed by atoms with Crippen molar-refractivity contribution in [3.63, 3.8) is 0 Å². The van der Waals surface area contributed by atoms with Gasteiger partial charge in [0.25, 0.3) is 0 Å². The van der Waals surface area contributed by atoms with E-state index in [0.29, 0.717) is 5.17 Å². The van der Waals surface area contributed by atoms with Gasteiger partial charge in [-0.1, -0.05) is 23.9 Å². The molecule has 2 saturated heterocycles. The summed E-state index contributed by atoms with van der Waals surface area (Å²) >= 11 is 1.34. The third kappa shape index (κ3) is 6.00. The maximum Gasteiger partial charge on any atom is 0.407 e. The van der Waals surface area contributed by atoms with Crippen LogP contribution in [0.15, 0.2) is 23.2 Å². The lowest BCUT2D eigenvalue weighted by Crippen LogP contribution is -2.38. The normalized spacial score (nSPS) is 23.6. The molecule has 2 heterocycles. The number of hydrogen-bond donors (Lipinski definition) is 1. The van der Waals surface area contributed by atoms with Gasteiger partial charge in [0, 0.05) is 23.9 Å². The Morgan fingerprint density at radius 1 is 1.26 bits per heavy atom. The smallest absolute Gasteiger partial charge is 0.407 e. The molecular formula is C21H29N3O5S2. The first-order chi connectivity index (χ1) is 14.3. The number of carbonyl (C=O) groups excluding carboxylic acids is 2. The summed E-state index contributed by atoms with van der Waals surface area (Å²) in [6.45, 7) is 9.33. The Bertz CT molecular complexity index is 1010. The molecule has 0 radical (unpaired) electrons. The Morgan fingerprint density at radius 2 is 1.97 bits per heavy atom. The van der Waals surface area contributed by atoms with Crippen LogP contribution in [0.3, 0.4) is 0 Å². The van der Waals surface area contributed by atoms with Crippen molar-refractivity contribution in [2.24, 2.45) is 4.99 Å². The van der Waals surface area contributed by atoms with Crippen molar-refractivity contribution < 1.29 is 22.7 Å². The minimum absolute atomic E-state index is 0.0254. The molecule has 0 saturated carbocycles. The zero-order valence-corrected chi connectivity index (χ0v) is 20.1. The standard InChI is InChI=1S/C21H29N3O5S2/c1-13-6-7-14(2)15(10-13)24-16-11-31(27,28)12-17(16)30-19(24)23-18(25)8-9-22-20(26)29-21(3,4)5/h6-7,10,16-17H,8-9,11-12H2,1-5H3,(H,22,26)/t16-,17-/m0/s1. The molecule has 2 atom stereocenters. The maximum absolute atomic E-state index is 12.5. The molecule has 2 aliphatic heterocycles. The van der Waals surface area contributed by atoms with Crippen molar-refractivity contribution in [1.82, 2.24) is 5.32 Å². The third-order valence-corrected chi connectivity index (χ3v) is 8.13. The van der Waals surface area contributed by atoms with Gasteiger partial charge in [0.2, 0.25) is 5.91 Å². The second-order valence-electron chi connectivity index (χ2n) is 8.93. The number of amidine groups is 1. The van der Waals surface area contributed by atoms with Gasteiger partial charge in [-0.05, 0) is 51.8 Å². The Hall–Kier alpha value is -2.07. The van der Waals surface area contributed by atoms with Crippen LogP contribution in [0.5, 0.6) is 0 Å². The number of ether oxygens (including phenoxy) is 1. The minimum atomic E-state index is -3.12. The summed E-state index contributed by atoms with van der Waals surface area (Å²) in [6, 6.07) is 5.72. The molecule has 0 aliphatic carbocycles. The fraction of sp³-hybridized carbons (Fsp3) is 0.571. The molecule has 10 heteroatoms. The summed E-state index contributed by atoms with van der Waals surface area (Å²) in [4.78, 5) is 30.4. The van der Waals surface area contributed by atoms with Crippen molar-refractivity contribution >= 4 is 44.5 Å². The van der Waals surface area contributed by atoms with Gasteiger partial charge in [0.05, 0.1) is 17.5 Å². The number of aliphatic imine (C=N–C) groups is 1. The molecule has 31 heavy (non-hydrogen) atoms. The van der Waals surface area contributed by atoms with E-state index in [1.54, 1.807) is 20.8 Å². The molecule has 0 spiro atoms. The Balaban J connectivity index is 1.75. The van der Waals surface area contributed by atoms with Gasteiger partial charge in [-0.15, -0.1) is 0 Å². The first-order valence-electron chi connectivity index (χ1n) is 10.2. The zero-order valence-electron chi connectivity index (χ0n) is 18.5. The Morgan fingerprint density at radius 3 is 2.65 bits per heavy atom. The van der Waals surface area contributed by atoms with Gasteiger partial charge in [-0.3, -0.25) is 4.79 Å². The quantitative estimate of drug-likeness (QED) is 0.726. The van der Waals surface area contributed by atoms with Crippen LogP contribution in [0.4, 0.5) is 10.5 Å². The predicted octanol–water partition coefficient (Wildman–Crippen LogP) is 2.82. The number of aryl methyl sites for hydroxylation is 2. The third-order valence-electron chi connectivity index (χ3n) is 4.92. The summed E-state index contributed by atoms with van der Waals surface area (Å²) in [7, 11) is -3.12. The highest BCUT2D eigenvalue weighted by Gasteiger charge is 2.49. The molecule has 0 unspecified atom stereocenters. The summed E-state index contributed by atoms with van der Waals surface area (Å²) in [5.41, 5.74) is 2.29. The van der Waals surface area contributed by atoms with E-state index in [0.717, 1.165) is 16.8 Å². The molecule has 1 aromatic carbocycles. The van der Waals surface area contributed by atoms with Gasteiger partial charge in [0.15, 0.2) is 15.0 Å². The second-order valence-corrected chi connectivity index (χ2v) is 12.3. The van der Waals surface area contributed by atoms with Crippen LogP contribution in [-0.2, 0) is 19.4 Å². The number of benzene rings is 1. The van der Waals surface area contributed by atoms with Crippen LogP contribution in [0.25, 0.3) is 0 Å². The van der Waals surface area contributed by atoms with E-state index in [2.05, 4.69) is 10.3 Å². The van der Waals surface area contributed by atoms with E-state index in [1.807, 2.05) is 36.9 Å². The Labute approximate surface area is 187 Å². The summed E-state index contributed by atoms with van der Waals surface area (Å²) in [5.74, 6) is -0.251. The van der Waals surface area contributed by atoms with Crippen molar-refractivity contribution in [2.75, 3.05) is 23.0 Å². The molecule has 8 nitrogen and oxygen atoms in total. The van der Waals surface area contributed by atoms with Crippen molar-refractivity contribution in [3.05, 3.63) is 29.3 Å². The number of anilines is 1. The van der Waals surface area contributed by atoms with Crippen molar-refractivity contribution in [2.45, 2.75) is 57.9 Å². The van der Waals surface area contributed by atoms with Gasteiger partial charge in [-0.25, -0.2) is 13.2 Å². The first-order valence-corrected chi connectivity index (χ1v) is 12.9. The number of amides is 2. The van der Waals surface area contributed by atoms with Gasteiger partial charge in [0.1, 0.15) is 5.60 Å². The molecule has 1 N–H and O–H groups in total. The molecule has 2 amide bonds. The van der Waals surface area contributed by atoms with Gasteiger partial charge in [-0.2, -0.15) is 4.99 Å². The number of sulfone groups is 1. The number of rotatable bonds is 4. The lowest BCUT2D eigenvalue weighted by Gasteiger charge is -2.26. The van der Waals surface area contributed by atoms with E-state index in [-0.39, 0.29) is 41.7 Å². The number of carbonyl (C=O) groups is 2. The number of alkyl carbamates (subject to hydrolysis) is 1. The summed E-state index contributed by atoms with van der Waals surface area (Å²) in [5, 5.41) is 2.91. The maximum atomic E-state index is 12.5. The zero-order chi connectivity index (χ0) is 23.0. The minimum Gasteiger partial charge on any atom is -0.444 e. The fourth-order valence-electron chi connectivity index (χ4n) is 3.57. The molecular weight excluding hydrogens is 438 g/mol. The molecule has 170 valence electrons. The Kier molecular flexibility index (Phi) is 6.71. The van der Waals surface area contributed by atoms with E-state index < -0.39 is 21.5 Å². The van der Waals surface area contributed by atoms with E-state index in [4.69, 9.17) is 4.74 Å². The highest BCUT2D eigenvalue weighted by Crippen LogP contribution is 2.42. The lowest BCUT2D eigenvalue weighted by atomic mass is 10.1. The molecule has 1 aromatic rings. The number of hydrogen-bond acceptors (Lipinski definition) is 6. The van der Waals surface area contributed by atoms with E-state index in [1.165, 1.54) is 11.8 Å². The topological polar surface area (TPSA) is 105 Å².